The molecule has 2 aromatic carbocycles. The van der Waals surface area contributed by atoms with Crippen LogP contribution in [-0.2, 0) is 6.61 Å². The molecular weight excluding hydrogens is 340 g/mol. The van der Waals surface area contributed by atoms with Gasteiger partial charge in [0.25, 0.3) is 5.88 Å². The van der Waals surface area contributed by atoms with Crippen LogP contribution in [0.5, 0.6) is 5.88 Å². The number of nitriles is 1. The molecule has 0 unspecified atom stereocenters. The van der Waals surface area contributed by atoms with Crippen molar-refractivity contribution in [2.24, 2.45) is 0 Å². The third-order valence-electron chi connectivity index (χ3n) is 3.09. The number of benzene rings is 2. The molecule has 0 aliphatic heterocycles. The van der Waals surface area contributed by atoms with Crippen molar-refractivity contribution in [1.82, 2.24) is 9.97 Å². The quantitative estimate of drug-likeness (QED) is 0.698. The average Bonchev–Trinajstić information content (AvgIpc) is 2.57. The molecule has 4 nitrogen and oxygen atoms in total. The largest absolute Gasteiger partial charge is 0.471 e. The van der Waals surface area contributed by atoms with Gasteiger partial charge in [-0.25, -0.2) is 14.4 Å². The molecule has 0 amide bonds. The fourth-order valence-corrected chi connectivity index (χ4v) is 2.35. The van der Waals surface area contributed by atoms with E-state index < -0.39 is 0 Å². The SMILES string of the molecule is N#Cc1nc2c(Cl)ccc(Cl)c2nc1OCc1ccc(F)cc1. The van der Waals surface area contributed by atoms with Gasteiger partial charge in [0, 0.05) is 0 Å². The lowest BCUT2D eigenvalue weighted by Crippen LogP contribution is -2.02. The molecule has 1 heterocycles. The number of hydrogen-bond donors (Lipinski definition) is 0. The molecule has 114 valence electrons. The second kappa shape index (κ2) is 6.37. The molecule has 0 saturated heterocycles. The van der Waals surface area contributed by atoms with Gasteiger partial charge >= 0.3 is 0 Å². The Morgan fingerprint density at radius 3 is 2.22 bits per heavy atom. The zero-order chi connectivity index (χ0) is 16.4. The summed E-state index contributed by atoms with van der Waals surface area (Å²) in [4.78, 5) is 8.40. The summed E-state index contributed by atoms with van der Waals surface area (Å²) in [6.45, 7) is 0.118. The van der Waals surface area contributed by atoms with Gasteiger partial charge in [0.15, 0.2) is 0 Å². The van der Waals surface area contributed by atoms with Crippen LogP contribution in [0.2, 0.25) is 10.0 Å². The fraction of sp³-hybridized carbons (Fsp3) is 0.0625. The van der Waals surface area contributed by atoms with Gasteiger partial charge in [-0.1, -0.05) is 35.3 Å². The Labute approximate surface area is 141 Å². The summed E-state index contributed by atoms with van der Waals surface area (Å²) in [6, 6.07) is 10.9. The first-order chi connectivity index (χ1) is 11.1. The first-order valence-electron chi connectivity index (χ1n) is 6.51. The van der Waals surface area contributed by atoms with E-state index in [0.29, 0.717) is 21.1 Å². The van der Waals surface area contributed by atoms with E-state index in [1.165, 1.54) is 12.1 Å². The average molecular weight is 348 g/mol. The van der Waals surface area contributed by atoms with Crippen molar-refractivity contribution in [3.63, 3.8) is 0 Å². The van der Waals surface area contributed by atoms with Crippen LogP contribution in [0, 0.1) is 17.1 Å². The maximum Gasteiger partial charge on any atom is 0.252 e. The molecule has 3 aromatic rings. The lowest BCUT2D eigenvalue weighted by molar-refractivity contribution is 0.292. The Kier molecular flexibility index (Phi) is 4.28. The minimum atomic E-state index is -0.335. The molecule has 0 aliphatic rings. The number of rotatable bonds is 3. The van der Waals surface area contributed by atoms with Crippen LogP contribution in [0.4, 0.5) is 4.39 Å². The van der Waals surface area contributed by atoms with E-state index in [2.05, 4.69) is 9.97 Å². The van der Waals surface area contributed by atoms with Gasteiger partial charge in [-0.2, -0.15) is 5.26 Å². The number of halogens is 3. The lowest BCUT2D eigenvalue weighted by atomic mass is 10.2. The monoisotopic (exact) mass is 347 g/mol. The number of aromatic nitrogens is 2. The van der Waals surface area contributed by atoms with Gasteiger partial charge in [-0.05, 0) is 29.8 Å². The van der Waals surface area contributed by atoms with Gasteiger partial charge in [-0.15, -0.1) is 0 Å². The summed E-state index contributed by atoms with van der Waals surface area (Å²) in [5.41, 5.74) is 1.43. The smallest absolute Gasteiger partial charge is 0.252 e. The molecule has 23 heavy (non-hydrogen) atoms. The molecule has 1 aromatic heterocycles. The second-order valence-corrected chi connectivity index (χ2v) is 5.45. The second-order valence-electron chi connectivity index (χ2n) is 4.63. The lowest BCUT2D eigenvalue weighted by Gasteiger charge is -2.09. The van der Waals surface area contributed by atoms with Crippen LogP contribution in [0.3, 0.4) is 0 Å². The van der Waals surface area contributed by atoms with Gasteiger partial charge in [0.05, 0.1) is 10.0 Å². The molecule has 0 saturated carbocycles. The minimum Gasteiger partial charge on any atom is -0.471 e. The third-order valence-corrected chi connectivity index (χ3v) is 3.70. The highest BCUT2D eigenvalue weighted by atomic mass is 35.5. The first-order valence-corrected chi connectivity index (χ1v) is 7.27. The van der Waals surface area contributed by atoms with E-state index in [-0.39, 0.29) is 24.0 Å². The van der Waals surface area contributed by atoms with Crippen LogP contribution in [0.1, 0.15) is 11.3 Å². The molecule has 0 atom stereocenters. The van der Waals surface area contributed by atoms with Crippen molar-refractivity contribution in [1.29, 1.82) is 5.26 Å². The van der Waals surface area contributed by atoms with Crippen LogP contribution < -0.4 is 4.74 Å². The summed E-state index contributed by atoms with van der Waals surface area (Å²) in [5, 5.41) is 9.91. The van der Waals surface area contributed by atoms with Crippen molar-refractivity contribution in [2.45, 2.75) is 6.61 Å². The van der Waals surface area contributed by atoms with Gasteiger partial charge in [0.1, 0.15) is 29.5 Å². The molecule has 0 N–H and O–H groups in total. The van der Waals surface area contributed by atoms with Crippen molar-refractivity contribution in [3.8, 4) is 11.9 Å². The van der Waals surface area contributed by atoms with E-state index in [4.69, 9.17) is 27.9 Å². The zero-order valence-electron chi connectivity index (χ0n) is 11.6. The molecule has 0 radical (unpaired) electrons. The Bertz CT molecular complexity index is 923. The first kappa shape index (κ1) is 15.5. The summed E-state index contributed by atoms with van der Waals surface area (Å²) in [5.74, 6) is -0.285. The number of nitrogens with zero attached hydrogens (tertiary/aromatic N) is 3. The van der Waals surface area contributed by atoms with E-state index in [1.54, 1.807) is 24.3 Å². The van der Waals surface area contributed by atoms with Crippen LogP contribution in [-0.4, -0.2) is 9.97 Å². The Morgan fingerprint density at radius 2 is 1.61 bits per heavy atom. The predicted octanol–water partition coefficient (Wildman–Crippen LogP) is 4.53. The highest BCUT2D eigenvalue weighted by Crippen LogP contribution is 2.29. The van der Waals surface area contributed by atoms with E-state index in [0.717, 1.165) is 5.56 Å². The summed E-state index contributed by atoms with van der Waals surface area (Å²) >= 11 is 12.1. The molecule has 0 fully saturated rings. The maximum absolute atomic E-state index is 12.9. The number of hydrogen-bond acceptors (Lipinski definition) is 4. The number of ether oxygens (including phenoxy) is 1. The predicted molar refractivity (Wildman–Crippen MR) is 85.0 cm³/mol. The summed E-state index contributed by atoms with van der Waals surface area (Å²) < 4.78 is 18.4. The van der Waals surface area contributed by atoms with E-state index in [9.17, 15) is 9.65 Å². The van der Waals surface area contributed by atoms with Crippen LogP contribution in [0.25, 0.3) is 11.0 Å². The normalized spacial score (nSPS) is 10.5. The highest BCUT2D eigenvalue weighted by molar-refractivity contribution is 6.39. The van der Waals surface area contributed by atoms with Crippen molar-refractivity contribution >= 4 is 34.2 Å². The zero-order valence-corrected chi connectivity index (χ0v) is 13.1. The van der Waals surface area contributed by atoms with Crippen molar-refractivity contribution in [2.75, 3.05) is 0 Å². The Hall–Kier alpha value is -2.42. The summed E-state index contributed by atoms with van der Waals surface area (Å²) in [6.07, 6.45) is 0. The third kappa shape index (κ3) is 3.19. The van der Waals surface area contributed by atoms with Crippen molar-refractivity contribution in [3.05, 3.63) is 63.5 Å². The van der Waals surface area contributed by atoms with Gasteiger partial charge in [0.2, 0.25) is 5.69 Å². The van der Waals surface area contributed by atoms with Crippen LogP contribution in [0.15, 0.2) is 36.4 Å². The van der Waals surface area contributed by atoms with Gasteiger partial charge < -0.3 is 4.74 Å². The maximum atomic E-state index is 12.9. The topological polar surface area (TPSA) is 58.8 Å². The molecule has 0 spiro atoms. The Morgan fingerprint density at radius 1 is 1.00 bits per heavy atom. The van der Waals surface area contributed by atoms with Crippen LogP contribution >= 0.6 is 23.2 Å². The molecular formula is C16H8Cl2FN3O. The standard InChI is InChI=1S/C16H8Cl2FN3O/c17-11-5-6-12(18)15-14(11)21-13(7-20)16(22-15)23-8-9-1-3-10(19)4-2-9/h1-6H,8H2. The van der Waals surface area contributed by atoms with Gasteiger partial charge in [-0.3, -0.25) is 0 Å². The molecule has 0 aliphatic carbocycles. The molecule has 3 rings (SSSR count). The summed E-state index contributed by atoms with van der Waals surface area (Å²) in [7, 11) is 0. The minimum absolute atomic E-state index is 0.00350. The fourth-order valence-electron chi connectivity index (χ4n) is 1.96. The van der Waals surface area contributed by atoms with E-state index in [1.807, 2.05) is 6.07 Å². The molecule has 0 bridgehead atoms. The Balaban J connectivity index is 1.98. The van der Waals surface area contributed by atoms with E-state index >= 15 is 0 Å². The highest BCUT2D eigenvalue weighted by Gasteiger charge is 2.14. The van der Waals surface area contributed by atoms with Crippen molar-refractivity contribution < 1.29 is 9.13 Å². The number of fused-ring (bicyclic) bond motifs is 1. The molecule has 7 heteroatoms.